The first-order valence-electron chi connectivity index (χ1n) is 9.91. The number of nitrogens with two attached hydrogens (primary N) is 1. The normalized spacial score (nSPS) is 10.5. The fourth-order valence-electron chi connectivity index (χ4n) is 3.17. The minimum atomic E-state index is -0.237. The van der Waals surface area contributed by atoms with Gasteiger partial charge in [0.1, 0.15) is 28.5 Å². The highest BCUT2D eigenvalue weighted by Crippen LogP contribution is 2.37. The summed E-state index contributed by atoms with van der Waals surface area (Å²) in [6, 6.07) is 11.1. The van der Waals surface area contributed by atoms with Crippen LogP contribution in [-0.4, -0.2) is 21.6 Å². The minimum Gasteiger partial charge on any atom is -0.383 e. The van der Waals surface area contributed by atoms with E-state index in [2.05, 4.69) is 21.4 Å². The summed E-state index contributed by atoms with van der Waals surface area (Å²) >= 11 is 16.2. The zero-order chi connectivity index (χ0) is 24.9. The molecule has 0 aliphatic rings. The molecule has 4 aromatic rings. The number of pyridine rings is 1. The van der Waals surface area contributed by atoms with Gasteiger partial charge in [0, 0.05) is 33.7 Å². The molecule has 0 saturated heterocycles. The van der Waals surface area contributed by atoms with E-state index in [9.17, 15) is 15.3 Å². The van der Waals surface area contributed by atoms with E-state index in [-0.39, 0.29) is 29.3 Å². The third-order valence-electron chi connectivity index (χ3n) is 4.75. The van der Waals surface area contributed by atoms with Crippen LogP contribution in [0.25, 0.3) is 22.4 Å². The number of benzene rings is 1. The van der Waals surface area contributed by atoms with Crippen molar-refractivity contribution in [3.63, 3.8) is 0 Å². The van der Waals surface area contributed by atoms with E-state index in [1.165, 1.54) is 34.4 Å². The summed E-state index contributed by atoms with van der Waals surface area (Å²) in [6.07, 6.45) is 0.154. The molecule has 1 amide bonds. The molecule has 35 heavy (non-hydrogen) atoms. The number of amides is 1. The summed E-state index contributed by atoms with van der Waals surface area (Å²) in [5.41, 5.74) is 9.00. The maximum atomic E-state index is 12.5. The summed E-state index contributed by atoms with van der Waals surface area (Å²) in [5.74, 6) is 0.165. The SMILES string of the molecule is N#Cc1c(N)nc(SCCC(=O)Nc2nc(-c3ccc(Cl)cc3Cl)cs2)c(C#N)c1-c1ccsc1. The maximum absolute atomic E-state index is 12.5. The van der Waals surface area contributed by atoms with Crippen LogP contribution < -0.4 is 11.1 Å². The highest BCUT2D eigenvalue weighted by molar-refractivity contribution is 7.99. The van der Waals surface area contributed by atoms with E-state index in [1.54, 1.807) is 23.6 Å². The van der Waals surface area contributed by atoms with Crippen LogP contribution in [-0.2, 0) is 4.79 Å². The number of carbonyl (C=O) groups excluding carboxylic acids is 1. The smallest absolute Gasteiger partial charge is 0.226 e. The lowest BCUT2D eigenvalue weighted by atomic mass is 9.99. The van der Waals surface area contributed by atoms with Crippen molar-refractivity contribution < 1.29 is 4.79 Å². The van der Waals surface area contributed by atoms with Crippen LogP contribution in [0.5, 0.6) is 0 Å². The van der Waals surface area contributed by atoms with Gasteiger partial charge in [0.15, 0.2) is 5.13 Å². The molecule has 0 aliphatic heterocycles. The molecule has 12 heteroatoms. The molecule has 0 aliphatic carbocycles. The molecule has 1 aromatic carbocycles. The monoisotopic (exact) mass is 556 g/mol. The van der Waals surface area contributed by atoms with E-state index >= 15 is 0 Å². The third-order valence-corrected chi connectivity index (χ3v) is 7.72. The number of hydrogen-bond donors (Lipinski definition) is 2. The summed E-state index contributed by atoms with van der Waals surface area (Å²) in [7, 11) is 0. The molecule has 0 spiro atoms. The van der Waals surface area contributed by atoms with Gasteiger partial charge in [0.25, 0.3) is 0 Å². The first-order valence-corrected chi connectivity index (χ1v) is 13.5. The van der Waals surface area contributed by atoms with Gasteiger partial charge < -0.3 is 11.1 Å². The number of aromatic nitrogens is 2. The zero-order valence-electron chi connectivity index (χ0n) is 17.7. The second kappa shape index (κ2) is 11.1. The van der Waals surface area contributed by atoms with E-state index in [0.29, 0.717) is 37.2 Å². The van der Waals surface area contributed by atoms with Gasteiger partial charge in [-0.15, -0.1) is 23.1 Å². The number of nitrogens with zero attached hydrogens (tertiary/aromatic N) is 4. The van der Waals surface area contributed by atoms with Crippen molar-refractivity contribution >= 4 is 74.5 Å². The number of anilines is 2. The Kier molecular flexibility index (Phi) is 7.91. The third kappa shape index (κ3) is 5.59. The number of thioether (sulfide) groups is 1. The molecule has 174 valence electrons. The lowest BCUT2D eigenvalue weighted by Gasteiger charge is -2.11. The average molecular weight is 558 g/mol. The van der Waals surface area contributed by atoms with Gasteiger partial charge in [-0.3, -0.25) is 4.79 Å². The number of hydrogen-bond acceptors (Lipinski definition) is 9. The molecule has 3 N–H and O–H groups in total. The predicted molar refractivity (Wildman–Crippen MR) is 143 cm³/mol. The molecule has 0 unspecified atom stereocenters. The summed E-state index contributed by atoms with van der Waals surface area (Å²) < 4.78 is 0. The number of halogens is 2. The van der Waals surface area contributed by atoms with Crippen molar-refractivity contribution in [2.24, 2.45) is 0 Å². The van der Waals surface area contributed by atoms with Crippen LogP contribution in [0, 0.1) is 22.7 Å². The molecule has 0 bridgehead atoms. The van der Waals surface area contributed by atoms with Crippen LogP contribution in [0.2, 0.25) is 10.0 Å². The Hall–Kier alpha value is -3.12. The van der Waals surface area contributed by atoms with E-state index in [4.69, 9.17) is 28.9 Å². The summed E-state index contributed by atoms with van der Waals surface area (Å²) in [5, 5.41) is 29.4. The van der Waals surface area contributed by atoms with Gasteiger partial charge in [-0.05, 0) is 40.6 Å². The topological polar surface area (TPSA) is 128 Å². The quantitative estimate of drug-likeness (QED) is 0.242. The molecular formula is C23H14Cl2N6OS3. The molecule has 7 nitrogen and oxygen atoms in total. The average Bonchev–Trinajstić information content (AvgIpc) is 3.51. The van der Waals surface area contributed by atoms with E-state index < -0.39 is 0 Å². The second-order valence-corrected chi connectivity index (χ2v) is 10.5. The largest absolute Gasteiger partial charge is 0.383 e. The molecule has 0 radical (unpaired) electrons. The van der Waals surface area contributed by atoms with Gasteiger partial charge in [-0.2, -0.15) is 21.9 Å². The Morgan fingerprint density at radius 2 is 1.94 bits per heavy atom. The Morgan fingerprint density at radius 1 is 1.14 bits per heavy atom. The number of rotatable bonds is 7. The molecular weight excluding hydrogens is 543 g/mol. The second-order valence-electron chi connectivity index (χ2n) is 6.97. The maximum Gasteiger partial charge on any atom is 0.226 e. The molecule has 3 heterocycles. The molecule has 3 aromatic heterocycles. The van der Waals surface area contributed by atoms with Crippen LogP contribution in [0.15, 0.2) is 45.4 Å². The van der Waals surface area contributed by atoms with E-state index in [1.807, 2.05) is 22.9 Å². The molecule has 0 atom stereocenters. The lowest BCUT2D eigenvalue weighted by Crippen LogP contribution is -2.12. The fraction of sp³-hybridized carbons (Fsp3) is 0.0870. The van der Waals surface area contributed by atoms with Crippen molar-refractivity contribution in [2.75, 3.05) is 16.8 Å². The van der Waals surface area contributed by atoms with E-state index in [0.717, 1.165) is 11.1 Å². The number of thiophene rings is 1. The number of nitrogens with one attached hydrogen (secondary N) is 1. The number of nitrogen functional groups attached to an aromatic ring is 1. The molecule has 0 fully saturated rings. The van der Waals surface area contributed by atoms with Crippen molar-refractivity contribution in [2.45, 2.75) is 11.4 Å². The van der Waals surface area contributed by atoms with Gasteiger partial charge in [-0.1, -0.05) is 23.2 Å². The van der Waals surface area contributed by atoms with Crippen LogP contribution in [0.3, 0.4) is 0 Å². The summed E-state index contributed by atoms with van der Waals surface area (Å²) in [4.78, 5) is 21.2. The highest BCUT2D eigenvalue weighted by atomic mass is 35.5. The Balaban J connectivity index is 1.44. The van der Waals surface area contributed by atoms with Gasteiger partial charge >= 0.3 is 0 Å². The van der Waals surface area contributed by atoms with Gasteiger partial charge in [0.2, 0.25) is 5.91 Å². The number of nitriles is 2. The summed E-state index contributed by atoms with van der Waals surface area (Å²) in [6.45, 7) is 0. The van der Waals surface area contributed by atoms with Crippen molar-refractivity contribution in [3.8, 4) is 34.5 Å². The predicted octanol–water partition coefficient (Wildman–Crippen LogP) is 6.69. The first-order chi connectivity index (χ1) is 16.9. The Labute approximate surface area is 223 Å². The number of carbonyl (C=O) groups is 1. The molecule has 4 rings (SSSR count). The van der Waals surface area contributed by atoms with Crippen molar-refractivity contribution in [1.82, 2.24) is 9.97 Å². The standard InChI is InChI=1S/C23H14Cl2N6OS3/c24-13-1-2-14(17(25)7-13)18-11-35-23(29-18)30-19(32)4-6-34-22-16(9-27)20(12-3-5-33-10-12)15(8-26)21(28)31-22/h1-3,5,7,10-11H,4,6H2,(H2,28,31)(H,29,30,32). The fourth-order valence-corrected chi connectivity index (χ4v) is 5.99. The highest BCUT2D eigenvalue weighted by Gasteiger charge is 2.21. The van der Waals surface area contributed by atoms with Crippen LogP contribution >= 0.6 is 57.6 Å². The lowest BCUT2D eigenvalue weighted by molar-refractivity contribution is -0.115. The zero-order valence-corrected chi connectivity index (χ0v) is 21.7. The van der Waals surface area contributed by atoms with Crippen molar-refractivity contribution in [3.05, 3.63) is 61.6 Å². The van der Waals surface area contributed by atoms with Gasteiger partial charge in [-0.25, -0.2) is 9.97 Å². The van der Waals surface area contributed by atoms with Crippen LogP contribution in [0.1, 0.15) is 17.5 Å². The van der Waals surface area contributed by atoms with Crippen LogP contribution in [0.4, 0.5) is 10.9 Å². The first kappa shape index (κ1) is 25.0. The van der Waals surface area contributed by atoms with Crippen molar-refractivity contribution in [1.29, 1.82) is 10.5 Å². The number of thiazole rings is 1. The molecule has 0 saturated carbocycles. The Morgan fingerprint density at radius 3 is 2.63 bits per heavy atom. The minimum absolute atomic E-state index is 0.0517. The van der Waals surface area contributed by atoms with Gasteiger partial charge in [0.05, 0.1) is 16.3 Å². The Bertz CT molecular complexity index is 1490.